The number of nitrogens with one attached hydrogen (secondary N) is 1. The summed E-state index contributed by atoms with van der Waals surface area (Å²) in [5.41, 5.74) is 0.116. The maximum absolute atomic E-state index is 6.44. The summed E-state index contributed by atoms with van der Waals surface area (Å²) in [6, 6.07) is 0.553. The molecule has 0 aliphatic heterocycles. The van der Waals surface area contributed by atoms with E-state index in [2.05, 4.69) is 33.0 Å². The Bertz CT molecular complexity index is 254. The Hall–Kier alpha value is -0.0800. The average molecular weight is 298 g/mol. The van der Waals surface area contributed by atoms with E-state index in [0.717, 1.165) is 19.1 Å². The highest BCUT2D eigenvalue weighted by Crippen LogP contribution is 2.35. The molecule has 2 nitrogen and oxygen atoms in total. The minimum atomic E-state index is 0.116. The van der Waals surface area contributed by atoms with Crippen molar-refractivity contribution in [1.29, 1.82) is 0 Å². The van der Waals surface area contributed by atoms with Gasteiger partial charge in [-0.2, -0.15) is 0 Å². The molecule has 1 N–H and O–H groups in total. The number of unbranched alkanes of at least 4 members (excludes halogenated alkanes) is 5. The monoisotopic (exact) mass is 297 g/mol. The molecule has 1 aliphatic rings. The summed E-state index contributed by atoms with van der Waals surface area (Å²) >= 11 is 0. The van der Waals surface area contributed by atoms with Crippen LogP contribution in [0.25, 0.3) is 0 Å². The second-order valence-corrected chi connectivity index (χ2v) is 7.54. The van der Waals surface area contributed by atoms with Crippen LogP contribution in [0.4, 0.5) is 0 Å². The fourth-order valence-electron chi connectivity index (χ4n) is 3.52. The van der Waals surface area contributed by atoms with Gasteiger partial charge in [0.05, 0.1) is 5.60 Å². The van der Waals surface area contributed by atoms with E-state index in [9.17, 15) is 0 Å². The Morgan fingerprint density at radius 1 is 1.14 bits per heavy atom. The molecule has 1 fully saturated rings. The van der Waals surface area contributed by atoms with Crippen LogP contribution in [0.15, 0.2) is 0 Å². The van der Waals surface area contributed by atoms with E-state index in [1.54, 1.807) is 0 Å². The van der Waals surface area contributed by atoms with E-state index in [-0.39, 0.29) is 5.60 Å². The molecule has 0 aromatic rings. The summed E-state index contributed by atoms with van der Waals surface area (Å²) in [4.78, 5) is 0. The zero-order valence-electron chi connectivity index (χ0n) is 15.0. The molecule has 1 aliphatic carbocycles. The number of hydrogen-bond donors (Lipinski definition) is 1. The molecule has 1 rings (SSSR count). The molecule has 1 saturated carbocycles. The predicted molar refractivity (Wildman–Crippen MR) is 92.8 cm³/mol. The van der Waals surface area contributed by atoms with Crippen molar-refractivity contribution < 1.29 is 4.74 Å². The maximum Gasteiger partial charge on any atom is 0.0808 e. The van der Waals surface area contributed by atoms with E-state index in [1.807, 2.05) is 0 Å². The Kier molecular flexibility index (Phi) is 9.59. The fourth-order valence-corrected chi connectivity index (χ4v) is 3.52. The van der Waals surface area contributed by atoms with Crippen LogP contribution in [0.3, 0.4) is 0 Å². The summed E-state index contributed by atoms with van der Waals surface area (Å²) in [5, 5.41) is 3.62. The molecule has 0 amide bonds. The molecule has 0 aromatic carbocycles. The van der Waals surface area contributed by atoms with Crippen molar-refractivity contribution in [3.8, 4) is 0 Å². The standard InChI is InChI=1S/C19H39NO/c1-5-6-7-8-9-10-14-21-19(16-20-17(2)3)13-11-12-18(4)15-19/h17-18,20H,5-16H2,1-4H3. The van der Waals surface area contributed by atoms with Crippen LogP contribution >= 0.6 is 0 Å². The zero-order valence-corrected chi connectivity index (χ0v) is 15.0. The zero-order chi connectivity index (χ0) is 15.6. The fraction of sp³-hybridized carbons (Fsp3) is 1.00. The summed E-state index contributed by atoms with van der Waals surface area (Å²) in [6.07, 6.45) is 13.3. The third kappa shape index (κ3) is 8.21. The van der Waals surface area contributed by atoms with Crippen LogP contribution in [-0.2, 0) is 4.74 Å². The van der Waals surface area contributed by atoms with Gasteiger partial charge in [-0.25, -0.2) is 0 Å². The van der Waals surface area contributed by atoms with Gasteiger partial charge in [0.15, 0.2) is 0 Å². The lowest BCUT2D eigenvalue weighted by atomic mass is 9.78. The van der Waals surface area contributed by atoms with Crippen molar-refractivity contribution in [2.75, 3.05) is 13.2 Å². The quantitative estimate of drug-likeness (QED) is 0.522. The highest BCUT2D eigenvalue weighted by Gasteiger charge is 2.35. The van der Waals surface area contributed by atoms with E-state index in [0.29, 0.717) is 6.04 Å². The van der Waals surface area contributed by atoms with Gasteiger partial charge in [-0.05, 0) is 25.2 Å². The van der Waals surface area contributed by atoms with Gasteiger partial charge in [-0.3, -0.25) is 0 Å². The summed E-state index contributed by atoms with van der Waals surface area (Å²) in [6.45, 7) is 11.1. The second-order valence-electron chi connectivity index (χ2n) is 7.54. The smallest absolute Gasteiger partial charge is 0.0808 e. The van der Waals surface area contributed by atoms with E-state index in [4.69, 9.17) is 4.74 Å². The molecule has 2 heteroatoms. The highest BCUT2D eigenvalue weighted by atomic mass is 16.5. The largest absolute Gasteiger partial charge is 0.374 e. The normalized spacial score (nSPS) is 26.4. The van der Waals surface area contributed by atoms with Gasteiger partial charge in [0.1, 0.15) is 0 Å². The van der Waals surface area contributed by atoms with E-state index < -0.39 is 0 Å². The molecule has 0 aromatic heterocycles. The highest BCUT2D eigenvalue weighted by molar-refractivity contribution is 4.89. The first kappa shape index (κ1) is 19.0. The molecule has 21 heavy (non-hydrogen) atoms. The van der Waals surface area contributed by atoms with Gasteiger partial charge in [0.2, 0.25) is 0 Å². The lowest BCUT2D eigenvalue weighted by Crippen LogP contribution is -2.48. The van der Waals surface area contributed by atoms with Gasteiger partial charge in [0, 0.05) is 19.2 Å². The summed E-state index contributed by atoms with van der Waals surface area (Å²) in [7, 11) is 0. The Labute approximate surface area is 133 Å². The first-order valence-electron chi connectivity index (χ1n) is 9.45. The van der Waals surface area contributed by atoms with Crippen LogP contribution in [0.5, 0.6) is 0 Å². The predicted octanol–water partition coefficient (Wildman–Crippen LogP) is 5.31. The molecule has 0 spiro atoms. The topological polar surface area (TPSA) is 21.3 Å². The van der Waals surface area contributed by atoms with Crippen LogP contribution in [0.1, 0.15) is 91.9 Å². The molecule has 0 saturated heterocycles. The van der Waals surface area contributed by atoms with Gasteiger partial charge in [-0.15, -0.1) is 0 Å². The van der Waals surface area contributed by atoms with Gasteiger partial charge >= 0.3 is 0 Å². The van der Waals surface area contributed by atoms with Crippen molar-refractivity contribution in [2.24, 2.45) is 5.92 Å². The first-order valence-corrected chi connectivity index (χ1v) is 9.45. The minimum absolute atomic E-state index is 0.116. The van der Waals surface area contributed by atoms with Gasteiger partial charge < -0.3 is 10.1 Å². The third-order valence-electron chi connectivity index (χ3n) is 4.79. The van der Waals surface area contributed by atoms with Crippen molar-refractivity contribution >= 4 is 0 Å². The molecule has 0 bridgehead atoms. The maximum atomic E-state index is 6.44. The molecule has 0 heterocycles. The minimum Gasteiger partial charge on any atom is -0.374 e. The molecular weight excluding hydrogens is 258 g/mol. The van der Waals surface area contributed by atoms with Crippen molar-refractivity contribution in [1.82, 2.24) is 5.32 Å². The lowest BCUT2D eigenvalue weighted by molar-refractivity contribution is -0.0813. The van der Waals surface area contributed by atoms with Crippen LogP contribution in [0, 0.1) is 5.92 Å². The van der Waals surface area contributed by atoms with E-state index >= 15 is 0 Å². The van der Waals surface area contributed by atoms with Gasteiger partial charge in [-0.1, -0.05) is 72.6 Å². The molecule has 0 radical (unpaired) electrons. The van der Waals surface area contributed by atoms with Crippen LogP contribution < -0.4 is 5.32 Å². The van der Waals surface area contributed by atoms with Gasteiger partial charge in [0.25, 0.3) is 0 Å². The Balaban J connectivity index is 2.28. The molecular formula is C19H39NO. The van der Waals surface area contributed by atoms with Crippen LogP contribution in [-0.4, -0.2) is 24.8 Å². The van der Waals surface area contributed by atoms with Crippen molar-refractivity contribution in [3.63, 3.8) is 0 Å². The lowest BCUT2D eigenvalue weighted by Gasteiger charge is -2.40. The second kappa shape index (κ2) is 10.6. The average Bonchev–Trinajstić information content (AvgIpc) is 2.44. The Morgan fingerprint density at radius 3 is 2.52 bits per heavy atom. The SMILES string of the molecule is CCCCCCCCOC1(CNC(C)C)CCCC(C)C1. The summed E-state index contributed by atoms with van der Waals surface area (Å²) < 4.78 is 6.44. The third-order valence-corrected chi connectivity index (χ3v) is 4.79. The number of hydrogen-bond acceptors (Lipinski definition) is 2. The number of rotatable bonds is 11. The van der Waals surface area contributed by atoms with Crippen molar-refractivity contribution in [2.45, 2.75) is 104 Å². The molecule has 2 atom stereocenters. The first-order chi connectivity index (χ1) is 10.1. The van der Waals surface area contributed by atoms with Crippen LogP contribution in [0.2, 0.25) is 0 Å². The van der Waals surface area contributed by atoms with Crippen molar-refractivity contribution in [3.05, 3.63) is 0 Å². The Morgan fingerprint density at radius 2 is 1.86 bits per heavy atom. The molecule has 2 unspecified atom stereocenters. The molecule has 126 valence electrons. The summed E-state index contributed by atoms with van der Waals surface area (Å²) in [5.74, 6) is 0.817. The van der Waals surface area contributed by atoms with E-state index in [1.165, 1.54) is 64.2 Å². The number of ether oxygens (including phenoxy) is 1.